The predicted molar refractivity (Wildman–Crippen MR) is 179 cm³/mol. The van der Waals surface area contributed by atoms with Crippen LogP contribution in [0.3, 0.4) is 0 Å². The molecule has 0 amide bonds. The fourth-order valence-electron chi connectivity index (χ4n) is 5.04. The second-order valence-electron chi connectivity index (χ2n) is 11.9. The Morgan fingerprint density at radius 2 is 1.03 bits per heavy atom. The molecule has 0 N–H and O–H groups in total. The molecular formula is C36H25F10NO11S. The molecule has 0 saturated carbocycles. The Bertz CT molecular complexity index is 2300. The number of nitro groups is 1. The van der Waals surface area contributed by atoms with Crippen molar-refractivity contribution in [3.8, 4) is 11.5 Å². The molecule has 0 saturated heterocycles. The number of hydrogen-bond donors (Lipinski definition) is 0. The normalized spacial score (nSPS) is 14.9. The first kappa shape index (κ1) is 45.5. The van der Waals surface area contributed by atoms with E-state index in [1.165, 1.54) is 32.4 Å². The molecule has 0 heterocycles. The van der Waals surface area contributed by atoms with Gasteiger partial charge in [0.2, 0.25) is 11.6 Å². The van der Waals surface area contributed by atoms with Crippen molar-refractivity contribution in [3.05, 3.63) is 139 Å². The van der Waals surface area contributed by atoms with E-state index in [1.54, 1.807) is 12.1 Å². The van der Waals surface area contributed by atoms with Gasteiger partial charge in [-0.1, -0.05) is 17.7 Å². The van der Waals surface area contributed by atoms with Gasteiger partial charge in [-0.05, 0) is 50.1 Å². The van der Waals surface area contributed by atoms with Gasteiger partial charge in [0.05, 0.1) is 42.3 Å². The molecule has 4 aromatic rings. The number of nitrogens with zero attached hydrogens (tertiary/aromatic N) is 1. The number of esters is 2. The highest BCUT2D eigenvalue weighted by atomic mass is 32.2. The Kier molecular flexibility index (Phi) is 14.3. The van der Waals surface area contributed by atoms with E-state index in [2.05, 4.69) is 9.47 Å². The monoisotopic (exact) mass is 869 g/mol. The van der Waals surface area contributed by atoms with E-state index in [9.17, 15) is 72.0 Å². The molecule has 2 atom stereocenters. The summed E-state index contributed by atoms with van der Waals surface area (Å²) in [5.74, 6) is -27.5. The molecule has 12 nitrogen and oxygen atoms in total. The van der Waals surface area contributed by atoms with Crippen molar-refractivity contribution in [3.63, 3.8) is 0 Å². The minimum Gasteiger partial charge on any atom is -0.493 e. The largest absolute Gasteiger partial charge is 0.493 e. The van der Waals surface area contributed by atoms with E-state index in [4.69, 9.17) is 13.7 Å². The van der Waals surface area contributed by atoms with Crippen molar-refractivity contribution in [2.75, 3.05) is 14.2 Å². The average Bonchev–Trinajstić information content (AvgIpc) is 3.20. The number of rotatable bonds is 11. The summed E-state index contributed by atoms with van der Waals surface area (Å²) in [7, 11) is -1.33. The fourth-order valence-corrected chi connectivity index (χ4v) is 5.92. The average molecular weight is 870 g/mol. The molecule has 316 valence electrons. The Labute approximate surface area is 325 Å². The summed E-state index contributed by atoms with van der Waals surface area (Å²) in [5, 5.41) is 11.2. The maximum absolute atomic E-state index is 13.7. The van der Waals surface area contributed by atoms with Gasteiger partial charge in [0, 0.05) is 0 Å². The van der Waals surface area contributed by atoms with Crippen LogP contribution in [0.5, 0.6) is 11.5 Å². The standard InChI is InChI=1S/C20H8F10O4.C16H17NO7S/c21-9-7(10(22)14(26)17(29)13(9)25)19(31)33-5-1-2-6(4-3-5)34-20(32)8-11(23)15(27)18(30)16(28)12(8)24;1-11-4-6-13(7-5-11)25(20,21)24-10-12-8-15(22-2)16(23-3)9-14(12)17(18)19/h1-2,5-6H,3-4H2;4-9H,10H2,1-3H3. The highest BCUT2D eigenvalue weighted by Gasteiger charge is 2.34. The molecule has 1 aliphatic rings. The lowest BCUT2D eigenvalue weighted by Gasteiger charge is -2.23. The van der Waals surface area contributed by atoms with Gasteiger partial charge in [-0.2, -0.15) is 8.42 Å². The SMILES string of the molecule is COc1cc(COS(=O)(=O)c2ccc(C)cc2)c([N+](=O)[O-])cc1OC.O=C(OC1C=CC(OC(=O)c2c(F)c(F)c(F)c(F)c2F)CC1)c1c(F)c(F)c(F)c(F)c1F. The third kappa shape index (κ3) is 9.91. The summed E-state index contributed by atoms with van der Waals surface area (Å²) < 4.78 is 183. The summed E-state index contributed by atoms with van der Waals surface area (Å²) in [5.41, 5.74) is -3.06. The number of aryl methyl sites for hydroxylation is 1. The Hall–Kier alpha value is -6.23. The summed E-state index contributed by atoms with van der Waals surface area (Å²) in [6, 6.07) is 8.57. The van der Waals surface area contributed by atoms with Crippen LogP contribution in [0.4, 0.5) is 49.6 Å². The van der Waals surface area contributed by atoms with Gasteiger partial charge in [0.15, 0.2) is 58.0 Å². The highest BCUT2D eigenvalue weighted by molar-refractivity contribution is 7.86. The first-order valence-electron chi connectivity index (χ1n) is 16.1. The molecule has 0 radical (unpaired) electrons. The molecule has 0 bridgehead atoms. The predicted octanol–water partition coefficient (Wildman–Crippen LogP) is 8.00. The van der Waals surface area contributed by atoms with E-state index < -0.39 is 115 Å². The molecule has 59 heavy (non-hydrogen) atoms. The van der Waals surface area contributed by atoms with Crippen molar-refractivity contribution in [1.82, 2.24) is 0 Å². The fraction of sp³-hybridized carbons (Fsp3) is 0.222. The van der Waals surface area contributed by atoms with Crippen molar-refractivity contribution in [2.45, 2.75) is 43.5 Å². The number of hydrogen-bond acceptors (Lipinski definition) is 11. The third-order valence-electron chi connectivity index (χ3n) is 8.08. The lowest BCUT2D eigenvalue weighted by Crippen LogP contribution is -2.27. The third-order valence-corrected chi connectivity index (χ3v) is 9.36. The Balaban J connectivity index is 0.000000273. The highest BCUT2D eigenvalue weighted by Crippen LogP contribution is 2.35. The van der Waals surface area contributed by atoms with Crippen LogP contribution in [0.25, 0.3) is 0 Å². The number of benzene rings is 4. The van der Waals surface area contributed by atoms with Gasteiger partial charge in [-0.25, -0.2) is 53.5 Å². The number of nitro benzene ring substituents is 1. The van der Waals surface area contributed by atoms with Crippen LogP contribution in [-0.2, 0) is 30.4 Å². The van der Waals surface area contributed by atoms with Crippen molar-refractivity contribution in [2.24, 2.45) is 0 Å². The number of carbonyl (C=O) groups is 2. The maximum Gasteiger partial charge on any atom is 0.344 e. The molecule has 5 rings (SSSR count). The van der Waals surface area contributed by atoms with Crippen LogP contribution in [0, 0.1) is 75.2 Å². The zero-order valence-electron chi connectivity index (χ0n) is 30.0. The second kappa shape index (κ2) is 18.6. The Morgan fingerprint density at radius 3 is 1.39 bits per heavy atom. The minimum atomic E-state index is -4.05. The van der Waals surface area contributed by atoms with E-state index in [1.807, 2.05) is 6.92 Å². The first-order valence-corrected chi connectivity index (χ1v) is 17.5. The molecular weight excluding hydrogens is 844 g/mol. The summed E-state index contributed by atoms with van der Waals surface area (Å²) in [4.78, 5) is 34.4. The molecule has 0 aliphatic heterocycles. The summed E-state index contributed by atoms with van der Waals surface area (Å²) >= 11 is 0. The second-order valence-corrected chi connectivity index (χ2v) is 13.5. The van der Waals surface area contributed by atoms with Crippen molar-refractivity contribution >= 4 is 27.7 Å². The zero-order valence-corrected chi connectivity index (χ0v) is 30.8. The van der Waals surface area contributed by atoms with Crippen LogP contribution in [0.15, 0.2) is 53.4 Å². The molecule has 0 fully saturated rings. The van der Waals surface area contributed by atoms with E-state index in [0.29, 0.717) is 0 Å². The number of carbonyl (C=O) groups excluding carboxylic acids is 2. The van der Waals surface area contributed by atoms with Gasteiger partial charge in [0.25, 0.3) is 15.8 Å². The number of methoxy groups -OCH3 is 2. The first-order chi connectivity index (χ1) is 27.6. The van der Waals surface area contributed by atoms with E-state index in [0.717, 1.165) is 23.8 Å². The van der Waals surface area contributed by atoms with Crippen LogP contribution in [0.2, 0.25) is 0 Å². The van der Waals surface area contributed by atoms with Gasteiger partial charge >= 0.3 is 11.9 Å². The van der Waals surface area contributed by atoms with Crippen LogP contribution < -0.4 is 9.47 Å². The van der Waals surface area contributed by atoms with Gasteiger partial charge in [-0.3, -0.25) is 14.3 Å². The molecule has 0 spiro atoms. The number of halogens is 10. The maximum atomic E-state index is 13.7. The number of ether oxygens (including phenoxy) is 4. The lowest BCUT2D eigenvalue weighted by molar-refractivity contribution is -0.385. The lowest BCUT2D eigenvalue weighted by atomic mass is 10.0. The topological polar surface area (TPSA) is 158 Å². The van der Waals surface area contributed by atoms with Gasteiger partial charge in [-0.15, -0.1) is 0 Å². The minimum absolute atomic E-state index is 0.0266. The summed E-state index contributed by atoms with van der Waals surface area (Å²) in [6.07, 6.45) is -1.30. The molecule has 1 aliphatic carbocycles. The van der Waals surface area contributed by atoms with E-state index in [-0.39, 0.29) is 40.5 Å². The van der Waals surface area contributed by atoms with Crippen molar-refractivity contribution in [1.29, 1.82) is 0 Å². The Morgan fingerprint density at radius 1 is 0.661 bits per heavy atom. The van der Waals surface area contributed by atoms with Crippen LogP contribution in [0.1, 0.15) is 44.7 Å². The molecule has 0 aromatic heterocycles. The smallest absolute Gasteiger partial charge is 0.344 e. The molecule has 4 aromatic carbocycles. The van der Waals surface area contributed by atoms with Gasteiger partial charge in [0.1, 0.15) is 23.3 Å². The molecule has 2 unspecified atom stereocenters. The zero-order chi connectivity index (χ0) is 44.1. The van der Waals surface area contributed by atoms with Crippen LogP contribution in [-0.4, -0.2) is 51.7 Å². The molecule has 23 heteroatoms. The quantitative estimate of drug-likeness (QED) is 0.0210. The summed E-state index contributed by atoms with van der Waals surface area (Å²) in [6.45, 7) is 1.32. The van der Waals surface area contributed by atoms with Gasteiger partial charge < -0.3 is 18.9 Å². The van der Waals surface area contributed by atoms with Crippen molar-refractivity contribution < 1.29 is 90.0 Å². The van der Waals surface area contributed by atoms with E-state index >= 15 is 0 Å². The van der Waals surface area contributed by atoms with Crippen LogP contribution >= 0.6 is 0 Å².